The summed E-state index contributed by atoms with van der Waals surface area (Å²) in [6.07, 6.45) is -3.42. The third kappa shape index (κ3) is 8.44. The molecule has 1 fully saturated rings. The molecule has 0 radical (unpaired) electrons. The summed E-state index contributed by atoms with van der Waals surface area (Å²) in [6, 6.07) is 1.74. The Morgan fingerprint density at radius 3 is 2.49 bits per heavy atom. The maximum atomic E-state index is 13.7. The van der Waals surface area contributed by atoms with Crippen molar-refractivity contribution in [3.8, 4) is 11.5 Å². The number of nitrogens with zero attached hydrogens (tertiary/aromatic N) is 1. The molecule has 9 nitrogen and oxygen atoms in total. The summed E-state index contributed by atoms with van der Waals surface area (Å²) in [5, 5.41) is 32.4. The maximum Gasteiger partial charge on any atom is 0.406 e. The molecule has 0 spiro atoms. The number of halogens is 4. The van der Waals surface area contributed by atoms with E-state index in [4.69, 9.17) is 14.6 Å². The molecule has 2 aliphatic carbocycles. The molecule has 1 saturated carbocycles. The molecule has 1 aromatic carbocycles. The second kappa shape index (κ2) is 14.0. The van der Waals surface area contributed by atoms with Gasteiger partial charge in [0.1, 0.15) is 18.8 Å². The Kier molecular flexibility index (Phi) is 11.3. The molecule has 0 unspecified atom stereocenters. The number of aliphatic hydroxyl groups excluding tert-OH is 3. The van der Waals surface area contributed by atoms with Gasteiger partial charge >= 0.3 is 6.18 Å². The Bertz CT molecular complexity index is 1050. The van der Waals surface area contributed by atoms with E-state index in [9.17, 15) is 33.0 Å². The molecule has 0 heterocycles. The van der Waals surface area contributed by atoms with Crippen molar-refractivity contribution in [2.24, 2.45) is 5.92 Å². The van der Waals surface area contributed by atoms with E-state index in [-0.39, 0.29) is 55.6 Å². The van der Waals surface area contributed by atoms with Crippen LogP contribution < -0.4 is 14.8 Å². The lowest BCUT2D eigenvalue weighted by atomic mass is 9.87. The lowest BCUT2D eigenvalue weighted by molar-refractivity contribution is -0.173. The predicted octanol–water partition coefficient (Wildman–Crippen LogP) is 2.68. The van der Waals surface area contributed by atoms with Crippen molar-refractivity contribution in [2.75, 3.05) is 26.8 Å². The highest BCUT2D eigenvalue weighted by Gasteiger charge is 2.45. The van der Waals surface area contributed by atoms with Crippen molar-refractivity contribution in [2.45, 2.75) is 69.6 Å². The quantitative estimate of drug-likeness (QED) is 0.267. The Balaban J connectivity index is 1.99. The van der Waals surface area contributed by atoms with Crippen molar-refractivity contribution < 1.29 is 47.6 Å². The van der Waals surface area contributed by atoms with Crippen LogP contribution in [0.4, 0.5) is 13.2 Å². The van der Waals surface area contributed by atoms with E-state index >= 15 is 0 Å². The average molecular weight is 670 g/mol. The second-order valence-electron chi connectivity index (χ2n) is 9.77. The molecule has 0 aromatic heterocycles. The topological polar surface area (TPSA) is 129 Å². The first-order valence-corrected chi connectivity index (χ1v) is 13.8. The summed E-state index contributed by atoms with van der Waals surface area (Å²) in [5.74, 6) is -1.05. The minimum Gasteiger partial charge on any atom is -0.493 e. The van der Waals surface area contributed by atoms with Gasteiger partial charge in [-0.1, -0.05) is 12.8 Å². The molecule has 13 heteroatoms. The van der Waals surface area contributed by atoms with Crippen LogP contribution in [0.3, 0.4) is 0 Å². The second-order valence-corrected chi connectivity index (χ2v) is 10.9. The van der Waals surface area contributed by atoms with Gasteiger partial charge in [0.15, 0.2) is 11.5 Å². The number of rotatable bonds is 11. The zero-order valence-electron chi connectivity index (χ0n) is 21.5. The summed E-state index contributed by atoms with van der Waals surface area (Å²) < 4.78 is 53.0. The molecule has 3 rings (SSSR count). The standard InChI is InChI=1S/C26H34F3IN2O7/c1-38-21-9-16(13-34)8-18(30)24(21)39-20-12-17(25(37)31-6-7-33)11-19(23(20)36)32(14-26(27,28)29)22(35)10-15-4-2-3-5-15/h8-9,12,15,19-20,23,33-34,36H,2-7,10-11,13-14H2,1H3,(H,31,37)/t19-,20+,23+/m1/s1. The number of methoxy groups -OCH3 is 1. The van der Waals surface area contributed by atoms with E-state index in [0.29, 0.717) is 14.0 Å². The SMILES string of the molecule is COc1cc(CO)cc(I)c1O[C@H]1C=C(C(=O)NCCO)C[C@@H](N(CC(F)(F)F)C(=O)CC2CCCC2)[C@@H]1O. The van der Waals surface area contributed by atoms with Crippen molar-refractivity contribution in [1.82, 2.24) is 10.2 Å². The Labute approximate surface area is 238 Å². The number of aliphatic hydroxyl groups is 3. The van der Waals surface area contributed by atoms with E-state index < -0.39 is 42.8 Å². The minimum atomic E-state index is -4.74. The summed E-state index contributed by atoms with van der Waals surface area (Å²) in [6.45, 7) is -2.29. The average Bonchev–Trinajstić information content (AvgIpc) is 3.40. The van der Waals surface area contributed by atoms with Crippen LogP contribution in [0.15, 0.2) is 23.8 Å². The number of nitrogens with one attached hydrogen (secondary N) is 1. The molecule has 39 heavy (non-hydrogen) atoms. The van der Waals surface area contributed by atoms with E-state index in [0.717, 1.165) is 25.7 Å². The molecule has 4 N–H and O–H groups in total. The molecule has 0 saturated heterocycles. The Morgan fingerprint density at radius 2 is 1.90 bits per heavy atom. The lowest BCUT2D eigenvalue weighted by Gasteiger charge is -2.41. The summed E-state index contributed by atoms with van der Waals surface area (Å²) >= 11 is 1.93. The van der Waals surface area contributed by atoms with Crippen molar-refractivity contribution >= 4 is 34.4 Å². The van der Waals surface area contributed by atoms with Crippen molar-refractivity contribution in [1.29, 1.82) is 0 Å². The molecule has 3 atom stereocenters. The summed E-state index contributed by atoms with van der Waals surface area (Å²) in [4.78, 5) is 26.7. The number of carbonyl (C=O) groups excluding carboxylic acids is 2. The first kappa shape index (κ1) is 31.4. The minimum absolute atomic E-state index is 0.0190. The van der Waals surface area contributed by atoms with Crippen LogP contribution >= 0.6 is 22.6 Å². The van der Waals surface area contributed by atoms with Crippen molar-refractivity contribution in [3.63, 3.8) is 0 Å². The number of alkyl halides is 3. The van der Waals surface area contributed by atoms with Crippen LogP contribution in [0.25, 0.3) is 0 Å². The van der Waals surface area contributed by atoms with Gasteiger partial charge in [-0.05, 0) is 65.1 Å². The van der Waals surface area contributed by atoms with Crippen LogP contribution in [-0.4, -0.2) is 83.3 Å². The number of benzene rings is 1. The first-order valence-electron chi connectivity index (χ1n) is 12.7. The van der Waals surface area contributed by atoms with Gasteiger partial charge in [0.05, 0.1) is 29.9 Å². The smallest absolute Gasteiger partial charge is 0.406 e. The summed E-state index contributed by atoms with van der Waals surface area (Å²) in [7, 11) is 1.37. The van der Waals surface area contributed by atoms with Crippen LogP contribution in [0.5, 0.6) is 11.5 Å². The number of carbonyl (C=O) groups is 2. The number of hydrogen-bond donors (Lipinski definition) is 4. The van der Waals surface area contributed by atoms with Gasteiger partial charge in [0.2, 0.25) is 11.8 Å². The Morgan fingerprint density at radius 1 is 1.21 bits per heavy atom. The van der Waals surface area contributed by atoms with Crippen molar-refractivity contribution in [3.05, 3.63) is 32.9 Å². The van der Waals surface area contributed by atoms with Gasteiger partial charge in [0.25, 0.3) is 0 Å². The maximum absolute atomic E-state index is 13.7. The highest BCUT2D eigenvalue weighted by molar-refractivity contribution is 14.1. The third-order valence-corrected chi connectivity index (χ3v) is 7.75. The van der Waals surface area contributed by atoms with Gasteiger partial charge in [-0.2, -0.15) is 13.2 Å². The monoisotopic (exact) mass is 670 g/mol. The van der Waals surface area contributed by atoms with Gasteiger partial charge < -0.3 is 35.0 Å². The van der Waals surface area contributed by atoms with Crippen LogP contribution in [-0.2, 0) is 16.2 Å². The number of ether oxygens (including phenoxy) is 2. The number of hydrogen-bond acceptors (Lipinski definition) is 7. The van der Waals surface area contributed by atoms with Gasteiger partial charge in [-0.25, -0.2) is 0 Å². The lowest BCUT2D eigenvalue weighted by Crippen LogP contribution is -2.57. The Hall–Kier alpha value is -2.10. The molecule has 218 valence electrons. The van der Waals surface area contributed by atoms with E-state index in [2.05, 4.69) is 5.32 Å². The van der Waals surface area contributed by atoms with E-state index in [1.54, 1.807) is 6.07 Å². The van der Waals surface area contributed by atoms with E-state index in [1.807, 2.05) is 22.6 Å². The molecular formula is C26H34F3IN2O7. The van der Waals surface area contributed by atoms with Gasteiger partial charge in [0, 0.05) is 25.0 Å². The highest BCUT2D eigenvalue weighted by Crippen LogP contribution is 2.38. The normalized spacial score (nSPS) is 21.8. The largest absolute Gasteiger partial charge is 0.493 e. The predicted molar refractivity (Wildman–Crippen MR) is 143 cm³/mol. The molecule has 2 amide bonds. The fourth-order valence-corrected chi connectivity index (χ4v) is 5.85. The first-order chi connectivity index (χ1) is 18.5. The highest BCUT2D eigenvalue weighted by atomic mass is 127. The molecular weight excluding hydrogens is 636 g/mol. The fraction of sp³-hybridized carbons (Fsp3) is 0.615. The molecule has 0 aliphatic heterocycles. The molecule has 2 aliphatic rings. The fourth-order valence-electron chi connectivity index (χ4n) is 5.06. The van der Waals surface area contributed by atoms with Gasteiger partial charge in [-0.3, -0.25) is 9.59 Å². The van der Waals surface area contributed by atoms with Crippen LogP contribution in [0.2, 0.25) is 0 Å². The van der Waals surface area contributed by atoms with Gasteiger partial charge in [-0.15, -0.1) is 0 Å². The van der Waals surface area contributed by atoms with Crippen LogP contribution in [0, 0.1) is 9.49 Å². The zero-order valence-corrected chi connectivity index (χ0v) is 23.7. The molecule has 1 aromatic rings. The summed E-state index contributed by atoms with van der Waals surface area (Å²) in [5.41, 5.74) is 0.546. The van der Waals surface area contributed by atoms with E-state index in [1.165, 1.54) is 19.3 Å². The van der Waals surface area contributed by atoms with Crippen LogP contribution in [0.1, 0.15) is 44.1 Å². The third-order valence-electron chi connectivity index (χ3n) is 6.95. The number of amides is 2. The molecule has 0 bridgehead atoms. The zero-order chi connectivity index (χ0) is 28.7.